The second-order valence-electron chi connectivity index (χ2n) is 38.1. The number of hydrogen-bond donors (Lipinski definition) is 2. The number of likely N-dealkylation sites (tertiary alicyclic amines) is 2. The number of aryl methyl sites for hydroxylation is 1. The van der Waals surface area contributed by atoms with Crippen molar-refractivity contribution in [3.8, 4) is 34.5 Å². The van der Waals surface area contributed by atoms with Crippen LogP contribution < -0.4 is 39.1 Å². The van der Waals surface area contributed by atoms with Crippen LogP contribution in [0.4, 0.5) is 21.0 Å². The van der Waals surface area contributed by atoms with Crippen molar-refractivity contribution in [1.82, 2.24) is 9.80 Å². The lowest BCUT2D eigenvalue weighted by atomic mass is 9.91. The molecule has 0 saturated carbocycles. The van der Waals surface area contributed by atoms with E-state index >= 15 is 9.59 Å². The molecule has 0 spiro atoms. The molecule has 5 aromatic rings. The summed E-state index contributed by atoms with van der Waals surface area (Å²) in [4.78, 5) is 167. The smallest absolute Gasteiger partial charge is 0.411 e. The minimum Gasteiger partial charge on any atom is -0.493 e. The molecule has 4 fully saturated rings. The number of carbonyl (C=O) groups excluding carboxylic acids is 12. The van der Waals surface area contributed by atoms with Crippen LogP contribution in [0.25, 0.3) is 0 Å². The summed E-state index contributed by atoms with van der Waals surface area (Å²) in [5, 5.41) is 5.44. The van der Waals surface area contributed by atoms with E-state index in [9.17, 15) is 47.9 Å². The molecule has 4 amide bonds. The Bertz CT molecular complexity index is 5290. The van der Waals surface area contributed by atoms with E-state index in [1.54, 1.807) is 88.6 Å². The second-order valence-corrected chi connectivity index (χ2v) is 42.9. The molecule has 4 saturated heterocycles. The summed E-state index contributed by atoms with van der Waals surface area (Å²) in [6, 6.07) is 19.6. The standard InChI is InChI=1S/C104H140N4O33Si/c1-24-74-42-60(2)53-107(74)97(117)78-50-88(123-20)89(52-82(78)106-102(120)131-56-71-32-34-86(80(49-71)84(114)29-26-36-122-19)139-100-95(137-69(11)112)91(134-66(8)109)63(5)65(7)133-100)129-58-73-45-72(46-76(47-73)127-41-40-126-39-38-125-37-27-30-90(115)141-103(12,13)14)57-128-87-51-81(77(44-62(87)4)96(116)108-54-61(3)43-75(108)59-132-142(22,23)104(15,16)17)105-101(119)130-55-70-31-33-85(79(48-70)83(113)28-25-35-121-18)138-99-64(6)92(135-67(9)110)93(136-68(10)111)94(140-99)98(118)124-21/h31-34,44-52,63-65,74-75,91-95,99-100H,2-3,24-30,35-43,53-59H2,1,4-23H3,(H,105,119)(H,106,120)/t63-,64-,65-,74-,75?,91+,92-,93+,94?,95-,99?,100+/m1/s1. The number of ether oxygens (including phenoxy) is 20. The molecule has 37 nitrogen and oxygen atoms in total. The zero-order valence-electron chi connectivity index (χ0n) is 85.5. The Hall–Kier alpha value is -12.0. The number of amides is 4. The van der Waals surface area contributed by atoms with Crippen LogP contribution in [0.3, 0.4) is 0 Å². The SMILES string of the molecule is C=C1CC(CO[Si](C)(C)C(C)(C)C)N(C(=O)c2cc(C)c(OCc3cc(COc4cc(NC(=O)OCc5ccc(O[C@@H]6O[C@H](C)[C@@H](C)[C@H](OC(C)=O)[C@H]6OC(C)=O)c(C(=O)CCCOC)c5)c(C(=O)N5CC(=C)C[C@H]5CC)cc4OC)cc(OCCOCCOCCCC(=O)OC(C)(C)C)c3)cc2NC(=O)OCc2ccc(OC3OC(C(=O)OC)[C@@H](OC(C)=O)[C@H](OC(C)=O)[C@H]3C)c(C(=O)CCCOC)c2)C1. The molecule has 38 heteroatoms. The van der Waals surface area contributed by atoms with Gasteiger partial charge in [0.15, 0.2) is 49.7 Å². The number of anilines is 2. The second kappa shape index (κ2) is 52.8. The lowest BCUT2D eigenvalue weighted by Gasteiger charge is -2.43. The van der Waals surface area contributed by atoms with Crippen molar-refractivity contribution in [1.29, 1.82) is 0 Å². The van der Waals surface area contributed by atoms with Crippen LogP contribution in [0.1, 0.15) is 224 Å². The van der Waals surface area contributed by atoms with E-state index in [1.807, 2.05) is 6.92 Å². The average Bonchev–Trinajstić information content (AvgIpc) is 0.949. The molecule has 0 radical (unpaired) electrons. The number of benzene rings is 5. The van der Waals surface area contributed by atoms with Gasteiger partial charge >= 0.3 is 48.0 Å². The predicted octanol–water partition coefficient (Wildman–Crippen LogP) is 15.8. The highest BCUT2D eigenvalue weighted by atomic mass is 28.4. The third-order valence-electron chi connectivity index (χ3n) is 24.6. The van der Waals surface area contributed by atoms with Gasteiger partial charge in [0.2, 0.25) is 18.7 Å². The fraction of sp³-hybridized carbons (Fsp3) is 0.558. The first-order chi connectivity index (χ1) is 67.2. The van der Waals surface area contributed by atoms with Crippen LogP contribution in [-0.4, -0.2) is 251 Å². The number of methoxy groups -OCH3 is 4. The molecule has 0 aromatic heterocycles. The summed E-state index contributed by atoms with van der Waals surface area (Å²) in [6.07, 6.45) is -9.17. The minimum absolute atomic E-state index is 0.00598. The predicted molar refractivity (Wildman–Crippen MR) is 520 cm³/mol. The third-order valence-corrected chi connectivity index (χ3v) is 29.1. The van der Waals surface area contributed by atoms with E-state index in [-0.39, 0.29) is 177 Å². The van der Waals surface area contributed by atoms with E-state index in [2.05, 4.69) is 57.7 Å². The van der Waals surface area contributed by atoms with Crippen molar-refractivity contribution in [3.63, 3.8) is 0 Å². The first-order valence-corrected chi connectivity index (χ1v) is 50.6. The fourth-order valence-electron chi connectivity index (χ4n) is 16.2. The quantitative estimate of drug-likeness (QED) is 0.00912. The molecular formula is C104H140N4O33Si. The Kier molecular flexibility index (Phi) is 42.2. The molecular weight excluding hydrogens is 1860 g/mol. The topological polar surface area (TPSA) is 429 Å². The number of hydrogen-bond acceptors (Lipinski definition) is 33. The summed E-state index contributed by atoms with van der Waals surface area (Å²) in [6.45, 7) is 38.7. The van der Waals surface area contributed by atoms with Crippen LogP contribution in [-0.2, 0) is 126 Å². The summed E-state index contributed by atoms with van der Waals surface area (Å²) < 4.78 is 125. The molecule has 3 unspecified atom stereocenters. The maximum absolute atomic E-state index is 15.5. The monoisotopic (exact) mass is 2000 g/mol. The number of carbonyl (C=O) groups is 12. The van der Waals surface area contributed by atoms with Crippen molar-refractivity contribution >= 4 is 91.1 Å². The molecule has 4 aliphatic heterocycles. The van der Waals surface area contributed by atoms with Crippen LogP contribution in [0.2, 0.25) is 18.1 Å². The van der Waals surface area contributed by atoms with E-state index < -0.39 is 154 Å². The van der Waals surface area contributed by atoms with Gasteiger partial charge in [-0.1, -0.05) is 78.0 Å². The fourth-order valence-corrected chi connectivity index (χ4v) is 17.3. The maximum atomic E-state index is 15.5. The van der Waals surface area contributed by atoms with E-state index in [1.165, 1.54) is 83.7 Å². The lowest BCUT2D eigenvalue weighted by molar-refractivity contribution is -0.263. The molecule has 778 valence electrons. The first kappa shape index (κ1) is 114. The van der Waals surface area contributed by atoms with E-state index in [4.69, 9.17) is 99.2 Å². The number of nitrogens with zero attached hydrogens (tertiary/aromatic N) is 2. The summed E-state index contributed by atoms with van der Waals surface area (Å²) in [5.74, 6) is -6.57. The van der Waals surface area contributed by atoms with E-state index in [0.717, 1.165) is 32.1 Å². The normalized spacial score (nSPS) is 20.1. The van der Waals surface area contributed by atoms with Gasteiger partial charge in [0.1, 0.15) is 67.7 Å². The third kappa shape index (κ3) is 32.7. The van der Waals surface area contributed by atoms with Crippen molar-refractivity contribution in [2.24, 2.45) is 11.8 Å². The van der Waals surface area contributed by atoms with Gasteiger partial charge in [-0.15, -0.1) is 0 Å². The Morgan fingerprint density at radius 1 is 0.486 bits per heavy atom. The largest absolute Gasteiger partial charge is 0.493 e. The van der Waals surface area contributed by atoms with Gasteiger partial charge in [-0.25, -0.2) is 14.4 Å². The van der Waals surface area contributed by atoms with Crippen molar-refractivity contribution in [2.75, 3.05) is 105 Å². The summed E-state index contributed by atoms with van der Waals surface area (Å²) in [5.41, 5.74) is 3.26. The molecule has 4 aliphatic rings. The minimum atomic E-state index is -2.36. The first-order valence-electron chi connectivity index (χ1n) is 47.7. The van der Waals surface area contributed by atoms with Gasteiger partial charge in [0.05, 0.1) is 92.3 Å². The van der Waals surface area contributed by atoms with Gasteiger partial charge in [0.25, 0.3) is 11.8 Å². The highest BCUT2D eigenvalue weighted by Gasteiger charge is 2.54. The molecule has 12 atom stereocenters. The molecule has 5 aromatic carbocycles. The zero-order chi connectivity index (χ0) is 104. The Labute approximate surface area is 831 Å². The van der Waals surface area contributed by atoms with Gasteiger partial charge in [-0.3, -0.25) is 53.8 Å². The number of rotatable bonds is 49. The van der Waals surface area contributed by atoms with Gasteiger partial charge < -0.3 is 109 Å². The average molecular weight is 2000 g/mol. The maximum Gasteiger partial charge on any atom is 0.411 e. The van der Waals surface area contributed by atoms with Crippen LogP contribution in [0.5, 0.6) is 34.5 Å². The highest BCUT2D eigenvalue weighted by Crippen LogP contribution is 2.43. The Morgan fingerprint density at radius 3 is 1.48 bits per heavy atom. The van der Waals surface area contributed by atoms with Crippen LogP contribution in [0, 0.1) is 18.8 Å². The molecule has 2 N–H and O–H groups in total. The van der Waals surface area contributed by atoms with Crippen molar-refractivity contribution in [3.05, 3.63) is 153 Å². The number of esters is 6. The number of ketones is 2. The molecule has 0 aliphatic carbocycles. The summed E-state index contributed by atoms with van der Waals surface area (Å²) in [7, 11) is 3.12. The van der Waals surface area contributed by atoms with Gasteiger partial charge in [0, 0.05) is 118 Å². The van der Waals surface area contributed by atoms with Crippen molar-refractivity contribution < 1.29 is 157 Å². The molecule has 0 bridgehead atoms. The van der Waals surface area contributed by atoms with Gasteiger partial charge in [-0.05, 0) is 174 Å². The molecule has 4 heterocycles. The Balaban J connectivity index is 1.03. The van der Waals surface area contributed by atoms with Crippen LogP contribution >= 0.6 is 0 Å². The molecule has 142 heavy (non-hydrogen) atoms. The summed E-state index contributed by atoms with van der Waals surface area (Å²) >= 11 is 0. The Morgan fingerprint density at radius 2 is 0.965 bits per heavy atom. The van der Waals surface area contributed by atoms with Crippen molar-refractivity contribution in [2.45, 2.75) is 273 Å². The van der Waals surface area contributed by atoms with E-state index in [0.29, 0.717) is 78.7 Å². The lowest BCUT2D eigenvalue weighted by Crippen LogP contribution is -2.60. The highest BCUT2D eigenvalue weighted by molar-refractivity contribution is 6.74. The molecule has 9 rings (SSSR count). The number of nitrogens with one attached hydrogen (secondary N) is 2. The van der Waals surface area contributed by atoms with Gasteiger partial charge in [-0.2, -0.15) is 0 Å². The van der Waals surface area contributed by atoms with Crippen LogP contribution in [0.15, 0.2) is 103 Å². The number of Topliss-reactive ketones (excluding diaryl/α,β-unsaturated/α-hetero) is 2. The zero-order valence-corrected chi connectivity index (χ0v) is 86.5.